The summed E-state index contributed by atoms with van der Waals surface area (Å²) in [5, 5.41) is 7.38. The molecule has 0 atom stereocenters. The lowest BCUT2D eigenvalue weighted by Gasteiger charge is -2.02. The van der Waals surface area contributed by atoms with Gasteiger partial charge in [0, 0.05) is 27.6 Å². The molecule has 3 N–H and O–H groups in total. The second-order valence-electron chi connectivity index (χ2n) is 4.73. The van der Waals surface area contributed by atoms with Crippen LogP contribution in [0.3, 0.4) is 0 Å². The van der Waals surface area contributed by atoms with Crippen molar-refractivity contribution in [1.82, 2.24) is 9.97 Å². The number of benzene rings is 1. The third-order valence-electron chi connectivity index (χ3n) is 2.99. The number of amides is 2. The van der Waals surface area contributed by atoms with Gasteiger partial charge in [0.05, 0.1) is 0 Å². The normalized spacial score (nSPS) is 10.5. The third kappa shape index (κ3) is 3.43. The molecular formula is C15H12N4O2S2. The van der Waals surface area contributed by atoms with Gasteiger partial charge in [-0.3, -0.25) is 14.9 Å². The van der Waals surface area contributed by atoms with E-state index < -0.39 is 5.91 Å². The van der Waals surface area contributed by atoms with E-state index in [-0.39, 0.29) is 11.6 Å². The number of anilines is 1. The average Bonchev–Trinajstić information content (AvgIpc) is 3.16. The van der Waals surface area contributed by atoms with Crippen molar-refractivity contribution in [1.29, 1.82) is 0 Å². The molecule has 3 aromatic rings. The van der Waals surface area contributed by atoms with Crippen molar-refractivity contribution in [3.05, 3.63) is 52.0 Å². The molecule has 0 aliphatic heterocycles. The first kappa shape index (κ1) is 15.3. The summed E-state index contributed by atoms with van der Waals surface area (Å²) in [6.45, 7) is 1.94. The van der Waals surface area contributed by atoms with Crippen molar-refractivity contribution in [2.24, 2.45) is 5.73 Å². The van der Waals surface area contributed by atoms with E-state index in [4.69, 9.17) is 5.73 Å². The van der Waals surface area contributed by atoms with E-state index in [1.165, 1.54) is 5.38 Å². The first-order chi connectivity index (χ1) is 11.0. The standard InChI is InChI=1S/C15H12N4O2S2/c1-8-6-22-14(17-8)10-4-2-9(3-5-10)13(21)19-15-18-11(7-23-15)12(16)20/h2-7H,1H3,(H2,16,20)(H,18,19,21). The molecule has 2 amide bonds. The summed E-state index contributed by atoms with van der Waals surface area (Å²) >= 11 is 2.71. The largest absolute Gasteiger partial charge is 0.364 e. The first-order valence-corrected chi connectivity index (χ1v) is 8.38. The van der Waals surface area contributed by atoms with Crippen LogP contribution in [-0.2, 0) is 0 Å². The number of hydrogen-bond donors (Lipinski definition) is 2. The zero-order valence-electron chi connectivity index (χ0n) is 12.1. The fourth-order valence-corrected chi connectivity index (χ4v) is 3.36. The van der Waals surface area contributed by atoms with Gasteiger partial charge in [-0.05, 0) is 19.1 Å². The molecule has 0 fully saturated rings. The molecule has 23 heavy (non-hydrogen) atoms. The number of aromatic nitrogens is 2. The van der Waals surface area contributed by atoms with Crippen molar-refractivity contribution in [2.45, 2.75) is 6.92 Å². The quantitative estimate of drug-likeness (QED) is 0.760. The van der Waals surface area contributed by atoms with Gasteiger partial charge in [-0.1, -0.05) is 12.1 Å². The van der Waals surface area contributed by atoms with Gasteiger partial charge < -0.3 is 5.73 Å². The molecule has 0 spiro atoms. The highest BCUT2D eigenvalue weighted by Gasteiger charge is 2.12. The van der Waals surface area contributed by atoms with Crippen LogP contribution in [0.1, 0.15) is 26.5 Å². The number of carbonyl (C=O) groups is 2. The van der Waals surface area contributed by atoms with E-state index >= 15 is 0 Å². The van der Waals surface area contributed by atoms with Crippen LogP contribution in [0.15, 0.2) is 35.0 Å². The Morgan fingerprint density at radius 3 is 2.39 bits per heavy atom. The minimum absolute atomic E-state index is 0.139. The van der Waals surface area contributed by atoms with E-state index in [2.05, 4.69) is 15.3 Å². The molecule has 116 valence electrons. The Morgan fingerprint density at radius 1 is 1.09 bits per heavy atom. The minimum atomic E-state index is -0.621. The SMILES string of the molecule is Cc1csc(-c2ccc(C(=O)Nc3nc(C(N)=O)cs3)cc2)n1. The molecule has 0 saturated carbocycles. The summed E-state index contributed by atoms with van der Waals surface area (Å²) in [6.07, 6.45) is 0. The second kappa shape index (κ2) is 6.27. The smallest absolute Gasteiger partial charge is 0.268 e. The van der Waals surface area contributed by atoms with Crippen molar-refractivity contribution >= 4 is 39.6 Å². The molecule has 0 bridgehead atoms. The highest BCUT2D eigenvalue weighted by molar-refractivity contribution is 7.14. The Bertz CT molecular complexity index is 868. The Labute approximate surface area is 140 Å². The second-order valence-corrected chi connectivity index (χ2v) is 6.44. The zero-order chi connectivity index (χ0) is 16.4. The lowest BCUT2D eigenvalue weighted by atomic mass is 10.1. The molecule has 0 unspecified atom stereocenters. The van der Waals surface area contributed by atoms with Crippen LogP contribution < -0.4 is 11.1 Å². The van der Waals surface area contributed by atoms with Gasteiger partial charge in [-0.25, -0.2) is 9.97 Å². The Balaban J connectivity index is 1.73. The van der Waals surface area contributed by atoms with Crippen LogP contribution in [-0.4, -0.2) is 21.8 Å². The van der Waals surface area contributed by atoms with Crippen LogP contribution in [0.25, 0.3) is 10.6 Å². The molecule has 0 saturated heterocycles. The van der Waals surface area contributed by atoms with Crippen molar-refractivity contribution in [2.75, 3.05) is 5.32 Å². The van der Waals surface area contributed by atoms with Crippen LogP contribution in [0.5, 0.6) is 0 Å². The van der Waals surface area contributed by atoms with E-state index in [1.807, 2.05) is 24.4 Å². The molecule has 6 nitrogen and oxygen atoms in total. The molecule has 3 rings (SSSR count). The lowest BCUT2D eigenvalue weighted by molar-refractivity contribution is 0.0992. The first-order valence-electron chi connectivity index (χ1n) is 6.62. The van der Waals surface area contributed by atoms with Crippen molar-refractivity contribution in [3.63, 3.8) is 0 Å². The maximum atomic E-state index is 12.2. The molecule has 8 heteroatoms. The van der Waals surface area contributed by atoms with Gasteiger partial charge in [-0.15, -0.1) is 22.7 Å². The minimum Gasteiger partial charge on any atom is -0.364 e. The van der Waals surface area contributed by atoms with E-state index in [0.29, 0.717) is 10.7 Å². The van der Waals surface area contributed by atoms with Gasteiger partial charge >= 0.3 is 0 Å². The molecule has 1 aromatic carbocycles. The van der Waals surface area contributed by atoms with Gasteiger partial charge in [0.15, 0.2) is 5.13 Å². The maximum Gasteiger partial charge on any atom is 0.268 e. The number of aryl methyl sites for hydroxylation is 1. The maximum absolute atomic E-state index is 12.2. The molecule has 0 aliphatic carbocycles. The Kier molecular flexibility index (Phi) is 4.18. The van der Waals surface area contributed by atoms with Crippen LogP contribution in [0, 0.1) is 6.92 Å². The van der Waals surface area contributed by atoms with Crippen LogP contribution in [0.2, 0.25) is 0 Å². The topological polar surface area (TPSA) is 98.0 Å². The van der Waals surface area contributed by atoms with E-state index in [9.17, 15) is 9.59 Å². The molecule has 0 radical (unpaired) electrons. The number of nitrogens with two attached hydrogens (primary N) is 1. The van der Waals surface area contributed by atoms with E-state index in [1.54, 1.807) is 23.5 Å². The van der Waals surface area contributed by atoms with Crippen LogP contribution >= 0.6 is 22.7 Å². The third-order valence-corrected chi connectivity index (χ3v) is 4.76. The lowest BCUT2D eigenvalue weighted by Crippen LogP contribution is -2.14. The molecular weight excluding hydrogens is 332 g/mol. The predicted molar refractivity (Wildman–Crippen MR) is 90.9 cm³/mol. The monoisotopic (exact) mass is 344 g/mol. The number of thiazole rings is 2. The highest BCUT2D eigenvalue weighted by atomic mass is 32.1. The number of hydrogen-bond acceptors (Lipinski definition) is 6. The number of carbonyl (C=O) groups excluding carboxylic acids is 2. The summed E-state index contributed by atoms with van der Waals surface area (Å²) in [4.78, 5) is 31.5. The van der Waals surface area contributed by atoms with Gasteiger partial charge in [0.1, 0.15) is 10.7 Å². The summed E-state index contributed by atoms with van der Waals surface area (Å²) < 4.78 is 0. The van der Waals surface area contributed by atoms with Crippen LogP contribution in [0.4, 0.5) is 5.13 Å². The Morgan fingerprint density at radius 2 is 1.83 bits per heavy atom. The number of nitrogens with one attached hydrogen (secondary N) is 1. The number of nitrogens with zero attached hydrogens (tertiary/aromatic N) is 2. The van der Waals surface area contributed by atoms with Gasteiger partial charge in [0.2, 0.25) is 0 Å². The average molecular weight is 344 g/mol. The zero-order valence-corrected chi connectivity index (χ0v) is 13.7. The Hall–Kier alpha value is -2.58. The predicted octanol–water partition coefficient (Wildman–Crippen LogP) is 2.93. The summed E-state index contributed by atoms with van der Waals surface area (Å²) in [6, 6.07) is 7.15. The highest BCUT2D eigenvalue weighted by Crippen LogP contribution is 2.24. The molecule has 2 aromatic heterocycles. The summed E-state index contributed by atoms with van der Waals surface area (Å²) in [5.74, 6) is -0.915. The van der Waals surface area contributed by atoms with E-state index in [0.717, 1.165) is 27.6 Å². The summed E-state index contributed by atoms with van der Waals surface area (Å²) in [7, 11) is 0. The van der Waals surface area contributed by atoms with Gasteiger partial charge in [0.25, 0.3) is 11.8 Å². The number of primary amides is 1. The molecule has 0 aliphatic rings. The number of rotatable bonds is 4. The van der Waals surface area contributed by atoms with Crippen molar-refractivity contribution < 1.29 is 9.59 Å². The fraction of sp³-hybridized carbons (Fsp3) is 0.0667. The van der Waals surface area contributed by atoms with Gasteiger partial charge in [-0.2, -0.15) is 0 Å². The fourth-order valence-electron chi connectivity index (χ4n) is 1.86. The van der Waals surface area contributed by atoms with Crippen molar-refractivity contribution in [3.8, 4) is 10.6 Å². The summed E-state index contributed by atoms with van der Waals surface area (Å²) in [5.41, 5.74) is 7.70. The molecule has 2 heterocycles.